The van der Waals surface area contributed by atoms with Crippen molar-refractivity contribution in [2.24, 2.45) is 17.8 Å². The Morgan fingerprint density at radius 3 is 2.44 bits per heavy atom. The summed E-state index contributed by atoms with van der Waals surface area (Å²) in [5, 5.41) is 10.6. The number of amides is 2. The summed E-state index contributed by atoms with van der Waals surface area (Å²) >= 11 is 3.17. The molecule has 1 N–H and O–H groups in total. The number of hydrogen-bond donors (Lipinski definition) is 1. The average molecular weight is 548 g/mol. The minimum Gasteiger partial charge on any atom is -0.505 e. The number of ketones is 2. The van der Waals surface area contributed by atoms with Gasteiger partial charge in [0, 0.05) is 28.7 Å². The number of anilines is 1. The summed E-state index contributed by atoms with van der Waals surface area (Å²) in [4.78, 5) is 54.6. The molecule has 0 bridgehead atoms. The third-order valence-electron chi connectivity index (χ3n) is 7.67. The van der Waals surface area contributed by atoms with Crippen molar-refractivity contribution in [2.45, 2.75) is 18.8 Å². The van der Waals surface area contributed by atoms with Crippen LogP contribution in [-0.4, -0.2) is 28.5 Å². The first-order valence-corrected chi connectivity index (χ1v) is 12.4. The van der Waals surface area contributed by atoms with Crippen molar-refractivity contribution in [2.75, 3.05) is 4.90 Å². The van der Waals surface area contributed by atoms with E-state index in [1.807, 2.05) is 6.08 Å². The molecule has 36 heavy (non-hydrogen) atoms. The van der Waals surface area contributed by atoms with Crippen LogP contribution in [0.15, 0.2) is 81.9 Å². The SMILES string of the molecule is O=C1C=C(Br)C(=O)C2=C1[C@@H](c1cccc(F)c1O)C1=CC[C@@H]3C(=O)N(c4ccccc4)C(=O)[C@@H]3[C@@H]1C2. The highest BCUT2D eigenvalue weighted by Gasteiger charge is 2.56. The Morgan fingerprint density at radius 1 is 0.944 bits per heavy atom. The number of benzene rings is 2. The van der Waals surface area contributed by atoms with E-state index in [-0.39, 0.29) is 51.6 Å². The number of nitrogens with zero attached hydrogens (tertiary/aromatic N) is 1. The Balaban J connectivity index is 1.52. The quantitative estimate of drug-likeness (QED) is 0.339. The number of aromatic hydroxyl groups is 1. The van der Waals surface area contributed by atoms with E-state index in [9.17, 15) is 28.7 Å². The Morgan fingerprint density at radius 2 is 1.69 bits per heavy atom. The minimum absolute atomic E-state index is 0.101. The summed E-state index contributed by atoms with van der Waals surface area (Å²) in [6.45, 7) is 0. The van der Waals surface area contributed by atoms with E-state index in [0.717, 1.165) is 6.07 Å². The van der Waals surface area contributed by atoms with E-state index in [1.54, 1.807) is 30.3 Å². The van der Waals surface area contributed by atoms with Crippen molar-refractivity contribution in [3.05, 3.63) is 93.3 Å². The number of phenolic OH excluding ortho intramolecular Hbond substituents is 1. The molecular formula is C28H19BrFNO5. The second-order valence-corrected chi connectivity index (χ2v) is 10.3. The fourth-order valence-corrected chi connectivity index (χ4v) is 6.61. The number of hydrogen-bond acceptors (Lipinski definition) is 5. The molecule has 0 aromatic heterocycles. The molecule has 1 aliphatic heterocycles. The Labute approximate surface area is 213 Å². The third-order valence-corrected chi connectivity index (χ3v) is 8.26. The number of carbonyl (C=O) groups is 4. The van der Waals surface area contributed by atoms with Gasteiger partial charge in [0.1, 0.15) is 0 Å². The highest BCUT2D eigenvalue weighted by Crippen LogP contribution is 2.56. The van der Waals surface area contributed by atoms with E-state index >= 15 is 0 Å². The highest BCUT2D eigenvalue weighted by atomic mass is 79.9. The van der Waals surface area contributed by atoms with Crippen LogP contribution < -0.4 is 4.90 Å². The van der Waals surface area contributed by atoms with Gasteiger partial charge in [-0.3, -0.25) is 24.1 Å². The number of allylic oxidation sites excluding steroid dienone is 6. The number of Topliss-reactive ketones (excluding diaryl/α,β-unsaturated/α-hetero) is 1. The normalized spacial score (nSPS) is 27.4. The van der Waals surface area contributed by atoms with E-state index < -0.39 is 41.0 Å². The topological polar surface area (TPSA) is 91.8 Å². The lowest BCUT2D eigenvalue weighted by atomic mass is 9.59. The van der Waals surface area contributed by atoms with Crippen LogP contribution in [0, 0.1) is 23.6 Å². The fraction of sp³-hybridized carbons (Fsp3) is 0.214. The Hall–Kier alpha value is -3.65. The van der Waals surface area contributed by atoms with Crippen LogP contribution in [0.1, 0.15) is 24.3 Å². The van der Waals surface area contributed by atoms with Crippen molar-refractivity contribution in [3.8, 4) is 5.75 Å². The van der Waals surface area contributed by atoms with Gasteiger partial charge in [0.25, 0.3) is 0 Å². The lowest BCUT2D eigenvalue weighted by Crippen LogP contribution is -2.39. The fourth-order valence-electron chi connectivity index (χ4n) is 6.16. The molecule has 8 heteroatoms. The molecule has 4 aliphatic rings. The third kappa shape index (κ3) is 3.13. The van der Waals surface area contributed by atoms with Gasteiger partial charge >= 0.3 is 0 Å². The van der Waals surface area contributed by atoms with Crippen LogP contribution in [0.3, 0.4) is 0 Å². The molecule has 2 aromatic rings. The van der Waals surface area contributed by atoms with Crippen LogP contribution in [0.4, 0.5) is 10.1 Å². The average Bonchev–Trinajstić information content (AvgIpc) is 3.13. The van der Waals surface area contributed by atoms with Crippen LogP contribution in [-0.2, 0) is 19.2 Å². The summed E-state index contributed by atoms with van der Waals surface area (Å²) in [6.07, 6.45) is 3.39. The first kappa shape index (κ1) is 22.8. The molecule has 1 saturated heterocycles. The Kier molecular flexibility index (Phi) is 5.19. The molecule has 0 unspecified atom stereocenters. The second-order valence-electron chi connectivity index (χ2n) is 9.42. The van der Waals surface area contributed by atoms with Crippen molar-refractivity contribution >= 4 is 45.0 Å². The molecule has 2 aromatic carbocycles. The lowest BCUT2D eigenvalue weighted by Gasteiger charge is -2.42. The van der Waals surface area contributed by atoms with Gasteiger partial charge < -0.3 is 5.11 Å². The summed E-state index contributed by atoms with van der Waals surface area (Å²) < 4.78 is 14.5. The summed E-state index contributed by atoms with van der Waals surface area (Å²) in [5.41, 5.74) is 1.69. The smallest absolute Gasteiger partial charge is 0.238 e. The molecule has 6 rings (SSSR count). The van der Waals surface area contributed by atoms with E-state index in [4.69, 9.17) is 0 Å². The van der Waals surface area contributed by atoms with Gasteiger partial charge in [0.05, 0.1) is 22.0 Å². The number of imide groups is 1. The maximum absolute atomic E-state index is 14.4. The van der Waals surface area contributed by atoms with Gasteiger partial charge in [0.2, 0.25) is 11.8 Å². The molecule has 3 aliphatic carbocycles. The van der Waals surface area contributed by atoms with Crippen molar-refractivity contribution in [1.82, 2.24) is 0 Å². The summed E-state index contributed by atoms with van der Waals surface area (Å²) in [6, 6.07) is 12.7. The predicted octanol–water partition coefficient (Wildman–Crippen LogP) is 4.50. The standard InChI is InChI=1S/C28H19BrFNO5/c29-19-12-21(32)24-18(25(19)33)11-17-14(22(24)15-7-4-8-20(30)26(15)34)9-10-16-23(17)28(36)31(27(16)35)13-5-2-1-3-6-13/h1-9,12,16-17,22-23,34H,10-11H2/t16-,17+,22+,23-/m0/s1. The molecular weight excluding hydrogens is 529 g/mol. The monoisotopic (exact) mass is 547 g/mol. The summed E-state index contributed by atoms with van der Waals surface area (Å²) in [5.74, 6) is -5.72. The zero-order valence-corrected chi connectivity index (χ0v) is 20.4. The van der Waals surface area contributed by atoms with Crippen LogP contribution >= 0.6 is 15.9 Å². The molecule has 4 atom stereocenters. The maximum Gasteiger partial charge on any atom is 0.238 e. The van der Waals surface area contributed by atoms with E-state index in [0.29, 0.717) is 11.3 Å². The lowest BCUT2D eigenvalue weighted by molar-refractivity contribution is -0.123. The molecule has 2 amide bonds. The number of halogens is 2. The molecule has 1 heterocycles. The minimum atomic E-state index is -0.905. The van der Waals surface area contributed by atoms with Gasteiger partial charge in [-0.1, -0.05) is 42.0 Å². The molecule has 0 saturated carbocycles. The molecule has 6 nitrogen and oxygen atoms in total. The maximum atomic E-state index is 14.4. The number of phenols is 1. The van der Waals surface area contributed by atoms with Crippen LogP contribution in [0.25, 0.3) is 0 Å². The van der Waals surface area contributed by atoms with E-state index in [1.165, 1.54) is 23.1 Å². The molecule has 180 valence electrons. The van der Waals surface area contributed by atoms with Gasteiger partial charge in [-0.25, -0.2) is 4.39 Å². The molecule has 0 spiro atoms. The van der Waals surface area contributed by atoms with Gasteiger partial charge in [-0.05, 0) is 52.9 Å². The summed E-state index contributed by atoms with van der Waals surface area (Å²) in [7, 11) is 0. The highest BCUT2D eigenvalue weighted by molar-refractivity contribution is 9.12. The Bertz CT molecular complexity index is 1470. The predicted molar refractivity (Wildman–Crippen MR) is 132 cm³/mol. The van der Waals surface area contributed by atoms with Crippen LogP contribution in [0.5, 0.6) is 5.75 Å². The molecule has 0 radical (unpaired) electrons. The number of fused-ring (bicyclic) bond motifs is 3. The van der Waals surface area contributed by atoms with Gasteiger partial charge in [0.15, 0.2) is 23.1 Å². The number of rotatable bonds is 2. The van der Waals surface area contributed by atoms with Crippen molar-refractivity contribution < 1.29 is 28.7 Å². The van der Waals surface area contributed by atoms with Gasteiger partial charge in [-0.15, -0.1) is 0 Å². The first-order chi connectivity index (χ1) is 17.3. The van der Waals surface area contributed by atoms with Crippen LogP contribution in [0.2, 0.25) is 0 Å². The largest absolute Gasteiger partial charge is 0.505 e. The first-order valence-electron chi connectivity index (χ1n) is 11.6. The van der Waals surface area contributed by atoms with Crippen molar-refractivity contribution in [3.63, 3.8) is 0 Å². The second kappa shape index (κ2) is 8.20. The van der Waals surface area contributed by atoms with Crippen molar-refractivity contribution in [1.29, 1.82) is 0 Å². The van der Waals surface area contributed by atoms with E-state index in [2.05, 4.69) is 15.9 Å². The zero-order valence-electron chi connectivity index (χ0n) is 18.8. The number of para-hydroxylation sites is 2. The number of carbonyl (C=O) groups excluding carboxylic acids is 4. The zero-order chi connectivity index (χ0) is 25.3. The van der Waals surface area contributed by atoms with Gasteiger partial charge in [-0.2, -0.15) is 0 Å². The molecule has 1 fully saturated rings.